The van der Waals surface area contributed by atoms with Gasteiger partial charge in [0.15, 0.2) is 0 Å². The van der Waals surface area contributed by atoms with E-state index >= 15 is 0 Å². The number of benzene rings is 1. The summed E-state index contributed by atoms with van der Waals surface area (Å²) in [5.41, 5.74) is 2.34. The Morgan fingerprint density at radius 1 is 1.14 bits per heavy atom. The maximum Gasteiger partial charge on any atom is 0.286 e. The summed E-state index contributed by atoms with van der Waals surface area (Å²) < 4.78 is 5.79. The van der Waals surface area contributed by atoms with Crippen molar-refractivity contribution in [2.24, 2.45) is 5.16 Å². The number of Topliss-reactive ketones (excluding diaryl/α,β-unsaturated/α-hetero) is 1. The van der Waals surface area contributed by atoms with E-state index in [0.29, 0.717) is 12.1 Å². The number of oxime groups is 1. The molecule has 1 aliphatic rings. The molecule has 0 aliphatic heterocycles. The zero-order valence-corrected chi connectivity index (χ0v) is 15.3. The molecule has 3 nitrogen and oxygen atoms in total. The molecule has 0 fully saturated rings. The monoisotopic (exact) mass is 305 g/mol. The topological polar surface area (TPSA) is 38.7 Å². The van der Waals surface area contributed by atoms with E-state index in [9.17, 15) is 4.79 Å². The van der Waals surface area contributed by atoms with E-state index in [2.05, 4.69) is 39.0 Å². The molecule has 0 aromatic heterocycles. The standard InChI is InChI=1S/C15H21NO2Si.C2H6/c1-15(2,3)19(4,5)18-16-13-10-11-8-6-7-9-12(11)14(13)17;1-2/h6-9H,10H2,1-5H3;1-2H3. The molecule has 0 amide bonds. The molecule has 1 aliphatic carbocycles. The highest BCUT2D eigenvalue weighted by Gasteiger charge is 2.40. The summed E-state index contributed by atoms with van der Waals surface area (Å²) in [5.74, 6) is 0.00862. The van der Waals surface area contributed by atoms with Gasteiger partial charge in [-0.3, -0.25) is 4.79 Å². The minimum absolute atomic E-state index is 0.00862. The van der Waals surface area contributed by atoms with Crippen LogP contribution < -0.4 is 0 Å². The Morgan fingerprint density at radius 3 is 2.24 bits per heavy atom. The molecular formula is C17H27NO2Si. The summed E-state index contributed by atoms with van der Waals surface area (Å²) in [7, 11) is -1.95. The number of fused-ring (bicyclic) bond motifs is 1. The second-order valence-electron chi connectivity index (χ2n) is 6.55. The number of hydrogen-bond acceptors (Lipinski definition) is 3. The molecule has 0 unspecified atom stereocenters. The molecule has 116 valence electrons. The van der Waals surface area contributed by atoms with Crippen molar-refractivity contribution in [1.82, 2.24) is 0 Å². The summed E-state index contributed by atoms with van der Waals surface area (Å²) >= 11 is 0. The van der Waals surface area contributed by atoms with Gasteiger partial charge in [0.2, 0.25) is 5.78 Å². The molecule has 0 saturated heterocycles. The number of rotatable bonds is 2. The third kappa shape index (κ3) is 3.82. The lowest BCUT2D eigenvalue weighted by molar-refractivity contribution is 0.106. The van der Waals surface area contributed by atoms with E-state index in [4.69, 9.17) is 4.53 Å². The molecule has 0 N–H and O–H groups in total. The maximum atomic E-state index is 12.2. The van der Waals surface area contributed by atoms with Crippen molar-refractivity contribution in [3.8, 4) is 0 Å². The van der Waals surface area contributed by atoms with Crippen LogP contribution in [0.2, 0.25) is 18.1 Å². The number of hydrogen-bond donors (Lipinski definition) is 0. The van der Waals surface area contributed by atoms with Crippen molar-refractivity contribution in [3.63, 3.8) is 0 Å². The summed E-state index contributed by atoms with van der Waals surface area (Å²) in [4.78, 5) is 12.2. The quantitative estimate of drug-likeness (QED) is 0.580. The van der Waals surface area contributed by atoms with Crippen LogP contribution in [0, 0.1) is 0 Å². The fraction of sp³-hybridized carbons (Fsp3) is 0.529. The minimum atomic E-state index is -1.95. The molecule has 0 spiro atoms. The van der Waals surface area contributed by atoms with Gasteiger partial charge in [0.1, 0.15) is 5.71 Å². The molecule has 1 aromatic rings. The first kappa shape index (κ1) is 17.6. The van der Waals surface area contributed by atoms with E-state index in [1.807, 2.05) is 38.1 Å². The van der Waals surface area contributed by atoms with Crippen LogP contribution in [0.3, 0.4) is 0 Å². The number of carbonyl (C=O) groups is 1. The van der Waals surface area contributed by atoms with Crippen molar-refractivity contribution in [2.75, 3.05) is 0 Å². The SMILES string of the molecule is CC.CC(C)(C)[Si](C)(C)ON=C1Cc2ccccc2C1=O. The highest BCUT2D eigenvalue weighted by molar-refractivity contribution is 6.74. The predicted molar refractivity (Wildman–Crippen MR) is 91.5 cm³/mol. The van der Waals surface area contributed by atoms with Gasteiger partial charge in [-0.15, -0.1) is 5.16 Å². The lowest BCUT2D eigenvalue weighted by Crippen LogP contribution is -2.39. The average molecular weight is 305 g/mol. The van der Waals surface area contributed by atoms with E-state index in [1.54, 1.807) is 0 Å². The number of carbonyl (C=O) groups excluding carboxylic acids is 1. The zero-order valence-electron chi connectivity index (χ0n) is 14.3. The molecule has 4 heteroatoms. The van der Waals surface area contributed by atoms with Crippen LogP contribution in [-0.4, -0.2) is 19.8 Å². The van der Waals surface area contributed by atoms with E-state index in [0.717, 1.165) is 11.1 Å². The van der Waals surface area contributed by atoms with Gasteiger partial charge in [0.05, 0.1) is 0 Å². The van der Waals surface area contributed by atoms with Crippen LogP contribution in [0.5, 0.6) is 0 Å². The number of ketones is 1. The Kier molecular flexibility index (Phi) is 5.51. The Balaban J connectivity index is 0.00000106. The van der Waals surface area contributed by atoms with Crippen LogP contribution >= 0.6 is 0 Å². The molecule has 1 aromatic carbocycles. The van der Waals surface area contributed by atoms with Crippen molar-refractivity contribution in [2.45, 2.75) is 59.2 Å². The van der Waals surface area contributed by atoms with E-state index < -0.39 is 8.32 Å². The van der Waals surface area contributed by atoms with Gasteiger partial charge in [-0.2, -0.15) is 0 Å². The second-order valence-corrected chi connectivity index (χ2v) is 11.3. The fourth-order valence-electron chi connectivity index (χ4n) is 1.69. The molecule has 0 atom stereocenters. The van der Waals surface area contributed by atoms with Gasteiger partial charge < -0.3 is 4.53 Å². The van der Waals surface area contributed by atoms with Crippen LogP contribution in [0.1, 0.15) is 50.5 Å². The van der Waals surface area contributed by atoms with Gasteiger partial charge in [-0.1, -0.05) is 58.9 Å². The van der Waals surface area contributed by atoms with Crippen LogP contribution in [0.4, 0.5) is 0 Å². The number of nitrogens with zero attached hydrogens (tertiary/aromatic N) is 1. The van der Waals surface area contributed by atoms with Crippen LogP contribution in [0.25, 0.3) is 0 Å². The Morgan fingerprint density at radius 2 is 1.71 bits per heavy atom. The van der Waals surface area contributed by atoms with Gasteiger partial charge in [0, 0.05) is 12.0 Å². The van der Waals surface area contributed by atoms with Gasteiger partial charge in [-0.25, -0.2) is 0 Å². The smallest absolute Gasteiger partial charge is 0.286 e. The predicted octanol–water partition coefficient (Wildman–Crippen LogP) is 4.83. The summed E-state index contributed by atoms with van der Waals surface area (Å²) in [6.07, 6.45) is 0.587. The lowest BCUT2D eigenvalue weighted by atomic mass is 10.1. The van der Waals surface area contributed by atoms with Crippen LogP contribution in [0.15, 0.2) is 29.4 Å². The van der Waals surface area contributed by atoms with Gasteiger partial charge in [-0.05, 0) is 23.7 Å². The highest BCUT2D eigenvalue weighted by atomic mass is 28.4. The average Bonchev–Trinajstić information content (AvgIpc) is 2.75. The molecule has 0 radical (unpaired) electrons. The first-order chi connectivity index (χ1) is 9.72. The van der Waals surface area contributed by atoms with Crippen LogP contribution in [-0.2, 0) is 10.9 Å². The van der Waals surface area contributed by atoms with Crippen molar-refractivity contribution in [1.29, 1.82) is 0 Å². The largest absolute Gasteiger partial charge is 0.454 e. The molecule has 21 heavy (non-hydrogen) atoms. The van der Waals surface area contributed by atoms with E-state index in [1.165, 1.54) is 0 Å². The molecule has 0 bridgehead atoms. The molecular weight excluding hydrogens is 278 g/mol. The van der Waals surface area contributed by atoms with Crippen molar-refractivity contribution < 1.29 is 9.32 Å². The fourth-order valence-corrected chi connectivity index (χ4v) is 2.30. The minimum Gasteiger partial charge on any atom is -0.454 e. The van der Waals surface area contributed by atoms with Crippen molar-refractivity contribution in [3.05, 3.63) is 35.4 Å². The van der Waals surface area contributed by atoms with Gasteiger partial charge >= 0.3 is 0 Å². The first-order valence-electron chi connectivity index (χ1n) is 7.60. The molecule has 0 saturated carbocycles. The third-order valence-electron chi connectivity index (χ3n) is 4.07. The normalized spacial score (nSPS) is 16.3. The Labute approximate surface area is 129 Å². The van der Waals surface area contributed by atoms with Crippen molar-refractivity contribution >= 4 is 19.8 Å². The Bertz CT molecular complexity index is 542. The third-order valence-corrected chi connectivity index (χ3v) is 8.23. The summed E-state index contributed by atoms with van der Waals surface area (Å²) in [6, 6.07) is 7.66. The first-order valence-corrected chi connectivity index (χ1v) is 10.5. The summed E-state index contributed by atoms with van der Waals surface area (Å²) in [5, 5.41) is 4.27. The zero-order chi connectivity index (χ0) is 16.3. The van der Waals surface area contributed by atoms with E-state index in [-0.39, 0.29) is 10.8 Å². The highest BCUT2D eigenvalue weighted by Crippen LogP contribution is 2.36. The lowest BCUT2D eigenvalue weighted by Gasteiger charge is -2.33. The van der Waals surface area contributed by atoms with Gasteiger partial charge in [0.25, 0.3) is 8.32 Å². The summed E-state index contributed by atoms with van der Waals surface area (Å²) in [6.45, 7) is 14.7. The Hall–Kier alpha value is -1.42. The maximum absolute atomic E-state index is 12.2. The second kappa shape index (κ2) is 6.56. The molecule has 0 heterocycles. The molecule has 2 rings (SSSR count).